The molecule has 0 radical (unpaired) electrons. The number of nitrogens with zero attached hydrogens (tertiary/aromatic N) is 2. The fourth-order valence-electron chi connectivity index (χ4n) is 2.44. The number of anilines is 2. The Morgan fingerprint density at radius 3 is 2.16 bits per heavy atom. The smallest absolute Gasteiger partial charge is 0.325 e. The Morgan fingerprint density at radius 1 is 0.903 bits per heavy atom. The third kappa shape index (κ3) is 6.54. The van der Waals surface area contributed by atoms with Crippen LogP contribution in [0, 0.1) is 6.92 Å². The van der Waals surface area contributed by atoms with E-state index in [0.29, 0.717) is 10.6 Å². The topological polar surface area (TPSA) is 84.0 Å². The van der Waals surface area contributed by atoms with Gasteiger partial charge in [0.2, 0.25) is 5.91 Å². The van der Waals surface area contributed by atoms with Crippen LogP contribution >= 0.6 is 11.8 Å². The van der Waals surface area contributed by atoms with Gasteiger partial charge in [-0.3, -0.25) is 9.59 Å². The molecule has 3 rings (SSSR count). The third-order valence-electron chi connectivity index (χ3n) is 4.04. The van der Waals surface area contributed by atoms with Gasteiger partial charge in [-0.25, -0.2) is 0 Å². The van der Waals surface area contributed by atoms with Crippen molar-refractivity contribution in [1.29, 1.82) is 0 Å². The summed E-state index contributed by atoms with van der Waals surface area (Å²) in [5, 5.41) is 13.5. The molecule has 1 heterocycles. The maximum absolute atomic E-state index is 12.6. The van der Waals surface area contributed by atoms with Crippen molar-refractivity contribution in [3.05, 3.63) is 77.4 Å². The Kier molecular flexibility index (Phi) is 6.91. The molecule has 2 N–H and O–H groups in total. The summed E-state index contributed by atoms with van der Waals surface area (Å²) in [5.41, 5.74) is 1.01. The van der Waals surface area contributed by atoms with E-state index in [1.54, 1.807) is 24.3 Å². The zero-order valence-electron chi connectivity index (χ0n) is 16.2. The van der Waals surface area contributed by atoms with Crippen LogP contribution in [0.3, 0.4) is 0 Å². The van der Waals surface area contributed by atoms with E-state index in [9.17, 15) is 22.8 Å². The van der Waals surface area contributed by atoms with Crippen molar-refractivity contribution < 1.29 is 22.8 Å². The lowest BCUT2D eigenvalue weighted by Crippen LogP contribution is -2.15. The lowest BCUT2D eigenvalue weighted by Gasteiger charge is -2.08. The molecule has 0 aliphatic rings. The standard InChI is InChI=1S/C21H17F3N4O2S/c1-13-2-4-14(5-3-13)20(30)26-17-10-11-19(28-27-17)31-12-18(29)25-16-8-6-15(7-9-16)21(22,23)24/h2-11H,12H2,1H3,(H,25,29)(H,26,27,30). The summed E-state index contributed by atoms with van der Waals surface area (Å²) in [5.74, 6) is -0.455. The quantitative estimate of drug-likeness (QED) is 0.532. The number of halogens is 3. The maximum atomic E-state index is 12.6. The van der Waals surface area contributed by atoms with Gasteiger partial charge < -0.3 is 10.6 Å². The van der Waals surface area contributed by atoms with Crippen molar-refractivity contribution in [1.82, 2.24) is 10.2 Å². The highest BCUT2D eigenvalue weighted by Crippen LogP contribution is 2.29. The summed E-state index contributed by atoms with van der Waals surface area (Å²) >= 11 is 1.10. The largest absolute Gasteiger partial charge is 0.416 e. The number of aryl methyl sites for hydroxylation is 1. The number of benzene rings is 2. The summed E-state index contributed by atoms with van der Waals surface area (Å²) in [6, 6.07) is 14.4. The molecule has 3 aromatic rings. The number of hydrogen-bond donors (Lipinski definition) is 2. The Balaban J connectivity index is 1.49. The van der Waals surface area contributed by atoms with Gasteiger partial charge in [0, 0.05) is 11.3 Å². The van der Waals surface area contributed by atoms with Gasteiger partial charge in [-0.2, -0.15) is 13.2 Å². The molecule has 0 saturated carbocycles. The van der Waals surface area contributed by atoms with Gasteiger partial charge in [0.25, 0.3) is 5.91 Å². The minimum Gasteiger partial charge on any atom is -0.325 e. The number of aromatic nitrogens is 2. The van der Waals surface area contributed by atoms with E-state index in [4.69, 9.17) is 0 Å². The molecule has 0 spiro atoms. The van der Waals surface area contributed by atoms with Crippen molar-refractivity contribution in [2.75, 3.05) is 16.4 Å². The number of alkyl halides is 3. The molecule has 31 heavy (non-hydrogen) atoms. The number of rotatable bonds is 6. The zero-order chi connectivity index (χ0) is 22.4. The Morgan fingerprint density at radius 2 is 1.58 bits per heavy atom. The van der Waals surface area contributed by atoms with Crippen molar-refractivity contribution in [2.45, 2.75) is 18.1 Å². The number of carbonyl (C=O) groups is 2. The number of hydrogen-bond acceptors (Lipinski definition) is 5. The molecule has 0 unspecified atom stereocenters. The lowest BCUT2D eigenvalue weighted by molar-refractivity contribution is -0.137. The van der Waals surface area contributed by atoms with Crippen molar-refractivity contribution >= 4 is 35.1 Å². The highest BCUT2D eigenvalue weighted by atomic mass is 32.2. The molecule has 0 bridgehead atoms. The molecular weight excluding hydrogens is 429 g/mol. The molecular formula is C21H17F3N4O2S. The number of carbonyl (C=O) groups excluding carboxylic acids is 2. The zero-order valence-corrected chi connectivity index (χ0v) is 17.1. The first-order valence-corrected chi connectivity index (χ1v) is 10.0. The van der Waals surface area contributed by atoms with E-state index in [1.807, 2.05) is 19.1 Å². The molecule has 10 heteroatoms. The molecule has 2 amide bonds. The minimum atomic E-state index is -4.43. The van der Waals surface area contributed by atoms with Crippen LogP contribution in [0.1, 0.15) is 21.5 Å². The highest BCUT2D eigenvalue weighted by Gasteiger charge is 2.29. The van der Waals surface area contributed by atoms with Crippen molar-refractivity contribution in [3.63, 3.8) is 0 Å². The molecule has 0 aliphatic heterocycles. The SMILES string of the molecule is Cc1ccc(C(=O)Nc2ccc(SCC(=O)Nc3ccc(C(F)(F)F)cc3)nn2)cc1. The predicted molar refractivity (Wildman–Crippen MR) is 112 cm³/mol. The molecule has 160 valence electrons. The second-order valence-electron chi connectivity index (χ2n) is 6.49. The molecule has 0 aliphatic carbocycles. The Labute approximate surface area is 180 Å². The fourth-order valence-corrected chi connectivity index (χ4v) is 3.05. The first kappa shape index (κ1) is 22.3. The maximum Gasteiger partial charge on any atom is 0.416 e. The van der Waals surface area contributed by atoms with Crippen LogP contribution in [0.25, 0.3) is 0 Å². The van der Waals surface area contributed by atoms with E-state index in [1.165, 1.54) is 12.1 Å². The summed E-state index contributed by atoms with van der Waals surface area (Å²) in [6.07, 6.45) is -4.43. The van der Waals surface area contributed by atoms with Crippen molar-refractivity contribution in [3.8, 4) is 0 Å². The second kappa shape index (κ2) is 9.61. The van der Waals surface area contributed by atoms with Crippen LogP contribution in [-0.4, -0.2) is 27.8 Å². The molecule has 1 aromatic heterocycles. The van der Waals surface area contributed by atoms with Gasteiger partial charge in [0.1, 0.15) is 5.03 Å². The minimum absolute atomic E-state index is 0.00915. The third-order valence-corrected chi connectivity index (χ3v) is 4.96. The average molecular weight is 446 g/mol. The molecule has 2 aromatic carbocycles. The molecule has 0 fully saturated rings. The van der Waals surface area contributed by atoms with Crippen LogP contribution in [0.4, 0.5) is 24.7 Å². The van der Waals surface area contributed by atoms with E-state index >= 15 is 0 Å². The predicted octanol–water partition coefficient (Wildman–Crippen LogP) is 4.79. The highest BCUT2D eigenvalue weighted by molar-refractivity contribution is 7.99. The van der Waals surface area contributed by atoms with Crippen LogP contribution in [-0.2, 0) is 11.0 Å². The summed E-state index contributed by atoms with van der Waals surface area (Å²) in [6.45, 7) is 1.92. The summed E-state index contributed by atoms with van der Waals surface area (Å²) in [4.78, 5) is 24.2. The van der Waals surface area contributed by atoms with Crippen LogP contribution < -0.4 is 10.6 Å². The van der Waals surface area contributed by atoms with E-state index < -0.39 is 17.6 Å². The average Bonchev–Trinajstić information content (AvgIpc) is 2.73. The molecule has 6 nitrogen and oxygen atoms in total. The van der Waals surface area contributed by atoms with Gasteiger partial charge in [0.15, 0.2) is 5.82 Å². The Hall–Kier alpha value is -3.40. The first-order chi connectivity index (χ1) is 14.7. The summed E-state index contributed by atoms with van der Waals surface area (Å²) < 4.78 is 37.7. The van der Waals surface area contributed by atoms with Crippen LogP contribution in [0.5, 0.6) is 0 Å². The second-order valence-corrected chi connectivity index (χ2v) is 7.48. The van der Waals surface area contributed by atoms with Crippen LogP contribution in [0.2, 0.25) is 0 Å². The van der Waals surface area contributed by atoms with E-state index in [-0.39, 0.29) is 23.2 Å². The van der Waals surface area contributed by atoms with Crippen LogP contribution in [0.15, 0.2) is 65.7 Å². The monoisotopic (exact) mass is 446 g/mol. The Bertz CT molecular complexity index is 1050. The van der Waals surface area contributed by atoms with Crippen molar-refractivity contribution in [2.24, 2.45) is 0 Å². The fraction of sp³-hybridized carbons (Fsp3) is 0.143. The normalized spacial score (nSPS) is 11.1. The summed E-state index contributed by atoms with van der Waals surface area (Å²) in [7, 11) is 0. The van der Waals surface area contributed by atoms with E-state index in [0.717, 1.165) is 29.5 Å². The van der Waals surface area contributed by atoms with E-state index in [2.05, 4.69) is 20.8 Å². The van der Waals surface area contributed by atoms with Gasteiger partial charge in [0.05, 0.1) is 11.3 Å². The van der Waals surface area contributed by atoms with Gasteiger partial charge in [-0.05, 0) is 55.5 Å². The lowest BCUT2D eigenvalue weighted by atomic mass is 10.1. The number of thioether (sulfide) groups is 1. The first-order valence-electron chi connectivity index (χ1n) is 9.02. The van der Waals surface area contributed by atoms with Gasteiger partial charge in [-0.15, -0.1) is 10.2 Å². The molecule has 0 atom stereocenters. The molecule has 0 saturated heterocycles. The number of amides is 2. The van der Waals surface area contributed by atoms with Gasteiger partial charge >= 0.3 is 6.18 Å². The number of nitrogens with one attached hydrogen (secondary N) is 2. The van der Waals surface area contributed by atoms with Gasteiger partial charge in [-0.1, -0.05) is 29.5 Å².